The lowest BCUT2D eigenvalue weighted by Crippen LogP contribution is -2.49. The molecule has 0 saturated carbocycles. The summed E-state index contributed by atoms with van der Waals surface area (Å²) >= 11 is 0. The predicted octanol–water partition coefficient (Wildman–Crippen LogP) is 3.23. The molecule has 1 N–H and O–H groups in total. The molecule has 110 valence electrons. The Morgan fingerprint density at radius 3 is 3.15 bits per heavy atom. The van der Waals surface area contributed by atoms with E-state index in [1.54, 1.807) is 6.26 Å². The number of fused-ring (bicyclic) bond motifs is 1. The third-order valence-electron chi connectivity index (χ3n) is 5.20. The van der Waals surface area contributed by atoms with Gasteiger partial charge in [0, 0.05) is 24.6 Å². The van der Waals surface area contributed by atoms with Crippen LogP contribution in [0.25, 0.3) is 0 Å². The van der Waals surface area contributed by atoms with Gasteiger partial charge in [-0.1, -0.05) is 6.92 Å². The normalized spacial score (nSPS) is 30.9. The minimum atomic E-state index is -0.632. The van der Waals surface area contributed by atoms with Gasteiger partial charge >= 0.3 is 5.97 Å². The van der Waals surface area contributed by atoms with Gasteiger partial charge in [-0.15, -0.1) is 0 Å². The van der Waals surface area contributed by atoms with Crippen LogP contribution in [0.5, 0.6) is 0 Å². The summed E-state index contributed by atoms with van der Waals surface area (Å²) in [5.41, 5.74) is 0.730. The van der Waals surface area contributed by atoms with Crippen molar-refractivity contribution in [1.29, 1.82) is 0 Å². The fraction of sp³-hybridized carbons (Fsp3) is 0.688. The standard InChI is InChI=1S/C16H23NO3/c1-2-16(15(18)19)8-4-9-17(11-16)13-5-3-6-14-12(13)7-10-20-14/h7,10,13H,2-6,8-9,11H2,1H3,(H,18,19). The Morgan fingerprint density at radius 1 is 1.55 bits per heavy atom. The number of carbonyl (C=O) groups is 1. The van der Waals surface area contributed by atoms with Gasteiger partial charge in [-0.2, -0.15) is 0 Å². The maximum atomic E-state index is 11.7. The van der Waals surface area contributed by atoms with Crippen LogP contribution in [0.2, 0.25) is 0 Å². The van der Waals surface area contributed by atoms with Crippen LogP contribution in [0.4, 0.5) is 0 Å². The summed E-state index contributed by atoms with van der Waals surface area (Å²) in [6.45, 7) is 3.68. The van der Waals surface area contributed by atoms with Crippen molar-refractivity contribution in [2.75, 3.05) is 13.1 Å². The van der Waals surface area contributed by atoms with Crippen LogP contribution in [0.1, 0.15) is 56.4 Å². The van der Waals surface area contributed by atoms with Crippen LogP contribution < -0.4 is 0 Å². The Morgan fingerprint density at radius 2 is 2.40 bits per heavy atom. The average molecular weight is 277 g/mol. The Hall–Kier alpha value is -1.29. The molecule has 0 amide bonds. The van der Waals surface area contributed by atoms with Gasteiger partial charge in [0.05, 0.1) is 11.7 Å². The first-order valence-electron chi connectivity index (χ1n) is 7.70. The van der Waals surface area contributed by atoms with Crippen molar-refractivity contribution in [3.05, 3.63) is 23.7 Å². The van der Waals surface area contributed by atoms with E-state index in [1.165, 1.54) is 5.56 Å². The molecule has 1 aromatic rings. The van der Waals surface area contributed by atoms with E-state index in [9.17, 15) is 9.90 Å². The highest BCUT2D eigenvalue weighted by molar-refractivity contribution is 5.75. The molecule has 2 heterocycles. The van der Waals surface area contributed by atoms with Crippen LogP contribution in [0, 0.1) is 5.41 Å². The molecular weight excluding hydrogens is 254 g/mol. The molecule has 1 aliphatic heterocycles. The van der Waals surface area contributed by atoms with Gasteiger partial charge in [-0.05, 0) is 44.7 Å². The van der Waals surface area contributed by atoms with Gasteiger partial charge in [0.2, 0.25) is 0 Å². The Bertz CT molecular complexity index is 496. The number of aliphatic carboxylic acids is 1. The number of carboxylic acid groups (broad SMARTS) is 1. The fourth-order valence-electron chi connectivity index (χ4n) is 3.89. The zero-order chi connectivity index (χ0) is 14.2. The van der Waals surface area contributed by atoms with Crippen LogP contribution in [-0.4, -0.2) is 29.1 Å². The van der Waals surface area contributed by atoms with Crippen molar-refractivity contribution in [3.8, 4) is 0 Å². The molecule has 2 unspecified atom stereocenters. The highest BCUT2D eigenvalue weighted by Gasteiger charge is 2.43. The van der Waals surface area contributed by atoms with Crippen molar-refractivity contribution < 1.29 is 14.3 Å². The number of likely N-dealkylation sites (tertiary alicyclic amines) is 1. The van der Waals surface area contributed by atoms with Gasteiger partial charge in [0.1, 0.15) is 5.76 Å². The van der Waals surface area contributed by atoms with E-state index in [4.69, 9.17) is 4.42 Å². The van der Waals surface area contributed by atoms with E-state index in [-0.39, 0.29) is 0 Å². The zero-order valence-electron chi connectivity index (χ0n) is 12.1. The monoisotopic (exact) mass is 277 g/mol. The fourth-order valence-corrected chi connectivity index (χ4v) is 3.89. The maximum absolute atomic E-state index is 11.7. The number of rotatable bonds is 3. The molecule has 20 heavy (non-hydrogen) atoms. The van der Waals surface area contributed by atoms with E-state index >= 15 is 0 Å². The molecule has 0 radical (unpaired) electrons. The molecular formula is C16H23NO3. The van der Waals surface area contributed by atoms with Crippen molar-refractivity contribution in [3.63, 3.8) is 0 Å². The number of furan rings is 1. The Kier molecular flexibility index (Phi) is 3.59. The molecule has 4 heteroatoms. The summed E-state index contributed by atoms with van der Waals surface area (Å²) in [6, 6.07) is 2.42. The van der Waals surface area contributed by atoms with E-state index in [1.807, 2.05) is 6.92 Å². The molecule has 2 aliphatic rings. The highest BCUT2D eigenvalue weighted by Crippen LogP contribution is 2.41. The molecule has 4 nitrogen and oxygen atoms in total. The number of aryl methyl sites for hydroxylation is 1. The van der Waals surface area contributed by atoms with Gasteiger partial charge < -0.3 is 9.52 Å². The van der Waals surface area contributed by atoms with Gasteiger partial charge in [0.15, 0.2) is 0 Å². The second kappa shape index (κ2) is 5.24. The first-order valence-corrected chi connectivity index (χ1v) is 7.70. The lowest BCUT2D eigenvalue weighted by atomic mass is 9.76. The van der Waals surface area contributed by atoms with E-state index < -0.39 is 11.4 Å². The summed E-state index contributed by atoms with van der Waals surface area (Å²) in [7, 11) is 0. The molecule has 1 saturated heterocycles. The zero-order valence-corrected chi connectivity index (χ0v) is 12.1. The molecule has 3 rings (SSSR count). The first kappa shape index (κ1) is 13.7. The topological polar surface area (TPSA) is 53.7 Å². The number of nitrogens with zero attached hydrogens (tertiary/aromatic N) is 1. The van der Waals surface area contributed by atoms with Crippen molar-refractivity contribution in [2.45, 2.75) is 51.5 Å². The van der Waals surface area contributed by atoms with Crippen molar-refractivity contribution in [2.24, 2.45) is 5.41 Å². The number of hydrogen-bond donors (Lipinski definition) is 1. The third kappa shape index (κ3) is 2.16. The molecule has 0 aromatic carbocycles. The highest BCUT2D eigenvalue weighted by atomic mass is 16.4. The van der Waals surface area contributed by atoms with E-state index in [0.29, 0.717) is 19.0 Å². The molecule has 1 aromatic heterocycles. The maximum Gasteiger partial charge on any atom is 0.310 e. The van der Waals surface area contributed by atoms with Gasteiger partial charge in [0.25, 0.3) is 0 Å². The summed E-state index contributed by atoms with van der Waals surface area (Å²) in [6.07, 6.45) is 7.54. The van der Waals surface area contributed by atoms with Gasteiger partial charge in [-0.3, -0.25) is 9.69 Å². The Balaban J connectivity index is 1.83. The minimum absolute atomic E-state index is 0.350. The summed E-state index contributed by atoms with van der Waals surface area (Å²) in [5, 5.41) is 9.61. The number of carboxylic acids is 1. The SMILES string of the molecule is CCC1(C(=O)O)CCCN(C2CCCc3occc32)C1. The molecule has 2 atom stereocenters. The molecule has 1 fully saturated rings. The summed E-state index contributed by atoms with van der Waals surface area (Å²) in [4.78, 5) is 14.1. The third-order valence-corrected chi connectivity index (χ3v) is 5.20. The summed E-state index contributed by atoms with van der Waals surface area (Å²) < 4.78 is 5.56. The van der Waals surface area contributed by atoms with Crippen LogP contribution >= 0.6 is 0 Å². The smallest absolute Gasteiger partial charge is 0.310 e. The number of hydrogen-bond acceptors (Lipinski definition) is 3. The van der Waals surface area contributed by atoms with Crippen LogP contribution in [0.15, 0.2) is 16.7 Å². The second-order valence-electron chi connectivity index (χ2n) is 6.22. The van der Waals surface area contributed by atoms with Crippen LogP contribution in [0.3, 0.4) is 0 Å². The van der Waals surface area contributed by atoms with Crippen LogP contribution in [-0.2, 0) is 11.2 Å². The first-order chi connectivity index (χ1) is 9.66. The summed E-state index contributed by atoms with van der Waals surface area (Å²) in [5.74, 6) is 0.470. The average Bonchev–Trinajstić information content (AvgIpc) is 2.95. The minimum Gasteiger partial charge on any atom is -0.481 e. The second-order valence-corrected chi connectivity index (χ2v) is 6.22. The quantitative estimate of drug-likeness (QED) is 0.921. The molecule has 1 aliphatic carbocycles. The molecule has 0 spiro atoms. The van der Waals surface area contributed by atoms with E-state index in [0.717, 1.165) is 44.4 Å². The Labute approximate surface area is 119 Å². The van der Waals surface area contributed by atoms with Crippen molar-refractivity contribution >= 4 is 5.97 Å². The van der Waals surface area contributed by atoms with E-state index in [2.05, 4.69) is 11.0 Å². The molecule has 0 bridgehead atoms. The lowest BCUT2D eigenvalue weighted by molar-refractivity contribution is -0.153. The lowest BCUT2D eigenvalue weighted by Gasteiger charge is -2.44. The van der Waals surface area contributed by atoms with Gasteiger partial charge in [-0.25, -0.2) is 0 Å². The predicted molar refractivity (Wildman–Crippen MR) is 75.6 cm³/mol. The number of piperidine rings is 1. The van der Waals surface area contributed by atoms with Crippen molar-refractivity contribution in [1.82, 2.24) is 4.90 Å². The largest absolute Gasteiger partial charge is 0.481 e.